The Morgan fingerprint density at radius 1 is 1.26 bits per heavy atom. The number of hydrogen-bond acceptors (Lipinski definition) is 6. The normalized spacial score (nSPS) is 19.7. The second-order valence-electron chi connectivity index (χ2n) is 7.86. The Bertz CT molecular complexity index is 573. The SMILES string of the molecule is COc1cc(CN(C)CC2CCC2)ccc1OCC(O)CN1CCOCC1. The monoisotopic (exact) mass is 378 g/mol. The first-order valence-electron chi connectivity index (χ1n) is 10.1. The lowest BCUT2D eigenvalue weighted by Crippen LogP contribution is -2.42. The molecule has 1 N–H and O–H groups in total. The minimum Gasteiger partial charge on any atom is -0.493 e. The topological polar surface area (TPSA) is 54.4 Å². The summed E-state index contributed by atoms with van der Waals surface area (Å²) < 4.78 is 16.7. The average molecular weight is 379 g/mol. The van der Waals surface area contributed by atoms with Crippen LogP contribution in [-0.2, 0) is 11.3 Å². The molecule has 0 bridgehead atoms. The molecule has 6 heteroatoms. The van der Waals surface area contributed by atoms with Crippen LogP contribution >= 0.6 is 0 Å². The number of methoxy groups -OCH3 is 1. The number of hydrogen-bond donors (Lipinski definition) is 1. The lowest BCUT2D eigenvalue weighted by Gasteiger charge is -2.30. The third kappa shape index (κ3) is 6.35. The van der Waals surface area contributed by atoms with Gasteiger partial charge in [-0.2, -0.15) is 0 Å². The van der Waals surface area contributed by atoms with Crippen LogP contribution in [0.3, 0.4) is 0 Å². The first-order chi connectivity index (χ1) is 13.1. The summed E-state index contributed by atoms with van der Waals surface area (Å²) in [5, 5.41) is 10.3. The number of rotatable bonds is 10. The zero-order valence-electron chi connectivity index (χ0n) is 16.7. The molecule has 0 aromatic heterocycles. The highest BCUT2D eigenvalue weighted by molar-refractivity contribution is 5.43. The molecule has 0 radical (unpaired) electrons. The molecular formula is C21H34N2O4. The molecule has 0 amide bonds. The highest BCUT2D eigenvalue weighted by atomic mass is 16.5. The van der Waals surface area contributed by atoms with E-state index in [0.29, 0.717) is 12.3 Å². The van der Waals surface area contributed by atoms with Gasteiger partial charge in [-0.05, 0) is 43.5 Å². The average Bonchev–Trinajstić information content (AvgIpc) is 2.64. The Hall–Kier alpha value is -1.34. The number of ether oxygens (including phenoxy) is 3. The number of aliphatic hydroxyl groups is 1. The Morgan fingerprint density at radius 2 is 2.04 bits per heavy atom. The molecular weight excluding hydrogens is 344 g/mol. The van der Waals surface area contributed by atoms with Crippen LogP contribution < -0.4 is 9.47 Å². The summed E-state index contributed by atoms with van der Waals surface area (Å²) in [4.78, 5) is 4.58. The van der Waals surface area contributed by atoms with E-state index in [0.717, 1.165) is 51.1 Å². The van der Waals surface area contributed by atoms with E-state index in [-0.39, 0.29) is 6.61 Å². The quantitative estimate of drug-likeness (QED) is 0.672. The van der Waals surface area contributed by atoms with Gasteiger partial charge in [0.25, 0.3) is 0 Å². The molecule has 1 aliphatic heterocycles. The molecule has 6 nitrogen and oxygen atoms in total. The minimum atomic E-state index is -0.527. The van der Waals surface area contributed by atoms with Crippen LogP contribution in [0.25, 0.3) is 0 Å². The number of aliphatic hydroxyl groups excluding tert-OH is 1. The van der Waals surface area contributed by atoms with Gasteiger partial charge in [0.2, 0.25) is 0 Å². The van der Waals surface area contributed by atoms with E-state index >= 15 is 0 Å². The molecule has 1 atom stereocenters. The molecule has 2 fully saturated rings. The smallest absolute Gasteiger partial charge is 0.161 e. The maximum atomic E-state index is 10.3. The summed E-state index contributed by atoms with van der Waals surface area (Å²) in [5.41, 5.74) is 1.22. The second kappa shape index (κ2) is 10.3. The van der Waals surface area contributed by atoms with Crippen molar-refractivity contribution in [2.75, 3.05) is 60.2 Å². The van der Waals surface area contributed by atoms with E-state index in [1.54, 1.807) is 7.11 Å². The van der Waals surface area contributed by atoms with Crippen molar-refractivity contribution in [2.45, 2.75) is 31.9 Å². The minimum absolute atomic E-state index is 0.259. The molecule has 1 aliphatic carbocycles. The predicted octanol–water partition coefficient (Wildman–Crippen LogP) is 2.00. The van der Waals surface area contributed by atoms with Crippen molar-refractivity contribution in [1.29, 1.82) is 0 Å². The van der Waals surface area contributed by atoms with Crippen molar-refractivity contribution < 1.29 is 19.3 Å². The summed E-state index contributed by atoms with van der Waals surface area (Å²) in [6, 6.07) is 6.08. The van der Waals surface area contributed by atoms with Gasteiger partial charge < -0.3 is 24.2 Å². The lowest BCUT2D eigenvalue weighted by molar-refractivity contribution is 0.00445. The predicted molar refractivity (Wildman–Crippen MR) is 105 cm³/mol. The number of benzene rings is 1. The van der Waals surface area contributed by atoms with Crippen LogP contribution in [0.15, 0.2) is 18.2 Å². The van der Waals surface area contributed by atoms with Crippen LogP contribution in [0.4, 0.5) is 0 Å². The Kier molecular flexibility index (Phi) is 7.76. The second-order valence-corrected chi connectivity index (χ2v) is 7.86. The molecule has 152 valence electrons. The Labute approximate surface area is 163 Å². The summed E-state index contributed by atoms with van der Waals surface area (Å²) >= 11 is 0. The van der Waals surface area contributed by atoms with E-state index in [2.05, 4.69) is 22.9 Å². The molecule has 1 heterocycles. The highest BCUT2D eigenvalue weighted by Crippen LogP contribution is 2.30. The van der Waals surface area contributed by atoms with Crippen molar-refractivity contribution in [2.24, 2.45) is 5.92 Å². The Balaban J connectivity index is 1.47. The summed E-state index contributed by atoms with van der Waals surface area (Å²) in [6.45, 7) is 6.13. The fourth-order valence-electron chi connectivity index (χ4n) is 3.74. The molecule has 1 saturated carbocycles. The van der Waals surface area contributed by atoms with Gasteiger partial charge in [-0.3, -0.25) is 4.90 Å². The van der Waals surface area contributed by atoms with Crippen LogP contribution in [0, 0.1) is 5.92 Å². The first kappa shape index (κ1) is 20.4. The van der Waals surface area contributed by atoms with Crippen molar-refractivity contribution in [3.63, 3.8) is 0 Å². The molecule has 1 saturated heterocycles. The van der Waals surface area contributed by atoms with Gasteiger partial charge in [0, 0.05) is 32.7 Å². The molecule has 2 aliphatic rings. The van der Waals surface area contributed by atoms with Gasteiger partial charge in [-0.1, -0.05) is 12.5 Å². The molecule has 1 aromatic rings. The van der Waals surface area contributed by atoms with E-state index in [1.807, 2.05) is 12.1 Å². The van der Waals surface area contributed by atoms with E-state index < -0.39 is 6.10 Å². The fraction of sp³-hybridized carbons (Fsp3) is 0.714. The van der Waals surface area contributed by atoms with Crippen LogP contribution in [0.5, 0.6) is 11.5 Å². The largest absolute Gasteiger partial charge is 0.493 e. The van der Waals surface area contributed by atoms with E-state index in [4.69, 9.17) is 14.2 Å². The van der Waals surface area contributed by atoms with Crippen molar-refractivity contribution in [3.8, 4) is 11.5 Å². The van der Waals surface area contributed by atoms with Crippen molar-refractivity contribution in [1.82, 2.24) is 9.80 Å². The Morgan fingerprint density at radius 3 is 2.70 bits per heavy atom. The van der Waals surface area contributed by atoms with Crippen LogP contribution in [0.1, 0.15) is 24.8 Å². The number of morpholine rings is 1. The molecule has 3 rings (SSSR count). The van der Waals surface area contributed by atoms with E-state index in [9.17, 15) is 5.11 Å². The summed E-state index contributed by atoms with van der Waals surface area (Å²) in [5.74, 6) is 2.28. The van der Waals surface area contributed by atoms with Crippen molar-refractivity contribution >= 4 is 0 Å². The van der Waals surface area contributed by atoms with Gasteiger partial charge in [0.15, 0.2) is 11.5 Å². The standard InChI is InChI=1S/C21H34N2O4/c1-22(13-17-4-3-5-17)14-18-6-7-20(21(12-18)25-2)27-16-19(24)15-23-8-10-26-11-9-23/h6-7,12,17,19,24H,3-5,8-11,13-16H2,1-2H3. The van der Waals surface area contributed by atoms with Crippen molar-refractivity contribution in [3.05, 3.63) is 23.8 Å². The van der Waals surface area contributed by atoms with Crippen LogP contribution in [-0.4, -0.2) is 81.2 Å². The van der Waals surface area contributed by atoms with Gasteiger partial charge in [0.05, 0.1) is 20.3 Å². The van der Waals surface area contributed by atoms with Gasteiger partial charge in [-0.25, -0.2) is 0 Å². The molecule has 27 heavy (non-hydrogen) atoms. The molecule has 1 aromatic carbocycles. The summed E-state index contributed by atoms with van der Waals surface area (Å²) in [6.07, 6.45) is 3.59. The fourth-order valence-corrected chi connectivity index (χ4v) is 3.74. The zero-order valence-corrected chi connectivity index (χ0v) is 16.7. The molecule has 0 spiro atoms. The van der Waals surface area contributed by atoms with Gasteiger partial charge >= 0.3 is 0 Å². The lowest BCUT2D eigenvalue weighted by atomic mass is 9.85. The van der Waals surface area contributed by atoms with Gasteiger partial charge in [0.1, 0.15) is 12.7 Å². The summed E-state index contributed by atoms with van der Waals surface area (Å²) in [7, 11) is 3.84. The maximum absolute atomic E-state index is 10.3. The number of nitrogens with zero attached hydrogens (tertiary/aromatic N) is 2. The molecule has 1 unspecified atom stereocenters. The zero-order chi connectivity index (χ0) is 19.1. The third-order valence-electron chi connectivity index (χ3n) is 5.48. The first-order valence-corrected chi connectivity index (χ1v) is 10.1. The van der Waals surface area contributed by atoms with E-state index in [1.165, 1.54) is 24.8 Å². The number of β-amino-alcohol motifs (C(OH)–C–C–N with tert-alkyl or cyclic N) is 1. The van der Waals surface area contributed by atoms with Gasteiger partial charge in [-0.15, -0.1) is 0 Å². The maximum Gasteiger partial charge on any atom is 0.161 e. The highest BCUT2D eigenvalue weighted by Gasteiger charge is 2.19. The van der Waals surface area contributed by atoms with Crippen LogP contribution in [0.2, 0.25) is 0 Å². The third-order valence-corrected chi connectivity index (χ3v) is 5.48.